The fourth-order valence-electron chi connectivity index (χ4n) is 3.82. The Morgan fingerprint density at radius 1 is 1.07 bits per heavy atom. The lowest BCUT2D eigenvalue weighted by Gasteiger charge is -2.30. The van der Waals surface area contributed by atoms with Crippen LogP contribution in [-0.2, 0) is 6.54 Å². The van der Waals surface area contributed by atoms with Gasteiger partial charge in [-0.15, -0.1) is 21.5 Å². The number of piperidine rings is 1. The molecule has 1 saturated heterocycles. The number of rotatable bonds is 7. The van der Waals surface area contributed by atoms with Gasteiger partial charge in [0.1, 0.15) is 4.88 Å². The minimum absolute atomic E-state index is 0.288. The third kappa shape index (κ3) is 4.13. The van der Waals surface area contributed by atoms with Gasteiger partial charge in [0.25, 0.3) is 5.89 Å². The summed E-state index contributed by atoms with van der Waals surface area (Å²) in [4.78, 5) is 7.63. The van der Waals surface area contributed by atoms with Gasteiger partial charge in [0, 0.05) is 12.5 Å². The summed E-state index contributed by atoms with van der Waals surface area (Å²) in [5.41, 5.74) is 3.86. The van der Waals surface area contributed by atoms with E-state index in [1.165, 1.54) is 11.3 Å². The molecule has 0 radical (unpaired) electrons. The van der Waals surface area contributed by atoms with Gasteiger partial charge < -0.3 is 18.6 Å². The summed E-state index contributed by atoms with van der Waals surface area (Å²) >= 11 is 1.53. The molecule has 3 aromatic rings. The first kappa shape index (κ1) is 20.6. The fourth-order valence-corrected chi connectivity index (χ4v) is 4.54. The average Bonchev–Trinajstić information content (AvgIpc) is 3.42. The summed E-state index contributed by atoms with van der Waals surface area (Å²) in [5, 5.41) is 8.54. The molecule has 1 fully saturated rings. The number of thiazole rings is 1. The smallest absolute Gasteiger partial charge is 0.259 e. The van der Waals surface area contributed by atoms with Crippen LogP contribution in [0.1, 0.15) is 35.9 Å². The van der Waals surface area contributed by atoms with Crippen LogP contribution < -0.4 is 14.2 Å². The van der Waals surface area contributed by atoms with Gasteiger partial charge in [0.2, 0.25) is 11.6 Å². The Bertz CT molecular complexity index is 970. The lowest BCUT2D eigenvalue weighted by Crippen LogP contribution is -2.32. The Morgan fingerprint density at radius 3 is 2.33 bits per heavy atom. The molecule has 8 nitrogen and oxygen atoms in total. The van der Waals surface area contributed by atoms with E-state index in [-0.39, 0.29) is 5.92 Å². The maximum atomic E-state index is 5.97. The molecule has 0 bridgehead atoms. The van der Waals surface area contributed by atoms with E-state index < -0.39 is 0 Å². The number of benzene rings is 1. The van der Waals surface area contributed by atoms with E-state index in [9.17, 15) is 0 Å². The number of hydrogen-bond donors (Lipinski definition) is 0. The molecule has 3 heterocycles. The molecule has 1 aliphatic rings. The van der Waals surface area contributed by atoms with Crippen molar-refractivity contribution in [2.24, 2.45) is 0 Å². The topological polar surface area (TPSA) is 82.7 Å². The second-order valence-corrected chi connectivity index (χ2v) is 8.15. The van der Waals surface area contributed by atoms with Crippen LogP contribution in [0.15, 0.2) is 22.1 Å². The highest BCUT2D eigenvalue weighted by atomic mass is 32.1. The quantitative estimate of drug-likeness (QED) is 0.558. The van der Waals surface area contributed by atoms with Crippen molar-refractivity contribution in [1.82, 2.24) is 20.1 Å². The Balaban J connectivity index is 1.40. The lowest BCUT2D eigenvalue weighted by molar-refractivity contribution is 0.192. The van der Waals surface area contributed by atoms with Crippen molar-refractivity contribution in [3.05, 3.63) is 34.8 Å². The van der Waals surface area contributed by atoms with Gasteiger partial charge in [-0.3, -0.25) is 4.90 Å². The highest BCUT2D eigenvalue weighted by Gasteiger charge is 2.26. The fraction of sp³-hybridized carbons (Fsp3) is 0.476. The number of ether oxygens (including phenoxy) is 3. The molecule has 0 unspecified atom stereocenters. The summed E-state index contributed by atoms with van der Waals surface area (Å²) in [7, 11) is 4.89. The second kappa shape index (κ2) is 9.01. The summed E-state index contributed by atoms with van der Waals surface area (Å²) < 4.78 is 22.3. The van der Waals surface area contributed by atoms with E-state index in [0.29, 0.717) is 23.1 Å². The Labute approximate surface area is 179 Å². The third-order valence-electron chi connectivity index (χ3n) is 5.45. The molecule has 0 amide bonds. The van der Waals surface area contributed by atoms with Crippen LogP contribution in [0.25, 0.3) is 10.8 Å². The molecule has 1 aromatic carbocycles. The molecule has 1 aliphatic heterocycles. The molecule has 4 rings (SSSR count). The van der Waals surface area contributed by atoms with Crippen LogP contribution in [-0.4, -0.2) is 54.5 Å². The minimum Gasteiger partial charge on any atom is -0.493 e. The van der Waals surface area contributed by atoms with Gasteiger partial charge in [-0.1, -0.05) is 0 Å². The predicted octanol–water partition coefficient (Wildman–Crippen LogP) is 3.91. The van der Waals surface area contributed by atoms with Crippen molar-refractivity contribution in [3.63, 3.8) is 0 Å². The molecular weight excluding hydrogens is 404 g/mol. The number of hydrogen-bond acceptors (Lipinski definition) is 9. The Hall–Kier alpha value is -2.65. The molecule has 0 spiro atoms. The monoisotopic (exact) mass is 430 g/mol. The standard InChI is InChI=1S/C21H26N4O4S/c1-13-19(30-12-22-13)21-24-23-20(29-21)15-5-7-25(8-6-15)11-14-9-16(26-2)18(28-4)17(10-14)27-3/h9-10,12,15H,5-8,11H2,1-4H3. The van der Waals surface area contributed by atoms with Gasteiger partial charge in [-0.2, -0.15) is 0 Å². The average molecular weight is 431 g/mol. The van der Waals surface area contributed by atoms with E-state index >= 15 is 0 Å². The number of nitrogens with zero attached hydrogens (tertiary/aromatic N) is 4. The maximum Gasteiger partial charge on any atom is 0.259 e. The number of aromatic nitrogens is 3. The lowest BCUT2D eigenvalue weighted by atomic mass is 9.96. The van der Waals surface area contributed by atoms with E-state index in [4.69, 9.17) is 18.6 Å². The molecule has 0 N–H and O–H groups in total. The summed E-state index contributed by atoms with van der Waals surface area (Å²) in [6, 6.07) is 4.02. The summed E-state index contributed by atoms with van der Waals surface area (Å²) in [6.45, 7) is 4.69. The second-order valence-electron chi connectivity index (χ2n) is 7.30. The molecular formula is C21H26N4O4S. The van der Waals surface area contributed by atoms with E-state index in [1.807, 2.05) is 19.1 Å². The van der Waals surface area contributed by atoms with Crippen molar-refractivity contribution >= 4 is 11.3 Å². The summed E-state index contributed by atoms with van der Waals surface area (Å²) in [5.74, 6) is 3.56. The highest BCUT2D eigenvalue weighted by Crippen LogP contribution is 2.39. The van der Waals surface area contributed by atoms with E-state index in [1.54, 1.807) is 26.8 Å². The molecule has 9 heteroatoms. The molecule has 160 valence electrons. The first-order chi connectivity index (χ1) is 14.6. The van der Waals surface area contributed by atoms with Crippen LogP contribution in [0.2, 0.25) is 0 Å². The van der Waals surface area contributed by atoms with E-state index in [0.717, 1.165) is 54.5 Å². The zero-order valence-electron chi connectivity index (χ0n) is 17.7. The first-order valence-corrected chi connectivity index (χ1v) is 10.8. The van der Waals surface area contributed by atoms with Crippen molar-refractivity contribution < 1.29 is 18.6 Å². The van der Waals surface area contributed by atoms with Crippen LogP contribution in [0, 0.1) is 6.92 Å². The van der Waals surface area contributed by atoms with Crippen molar-refractivity contribution in [2.75, 3.05) is 34.4 Å². The van der Waals surface area contributed by atoms with Crippen molar-refractivity contribution in [3.8, 4) is 28.0 Å². The largest absolute Gasteiger partial charge is 0.493 e. The molecule has 30 heavy (non-hydrogen) atoms. The van der Waals surface area contributed by atoms with E-state index in [2.05, 4.69) is 20.1 Å². The van der Waals surface area contributed by atoms with Crippen LogP contribution in [0.4, 0.5) is 0 Å². The van der Waals surface area contributed by atoms with Gasteiger partial charge in [-0.05, 0) is 50.6 Å². The van der Waals surface area contributed by atoms with Crippen molar-refractivity contribution in [2.45, 2.75) is 32.2 Å². The van der Waals surface area contributed by atoms with Crippen LogP contribution in [0.5, 0.6) is 17.2 Å². The normalized spacial score (nSPS) is 15.3. The van der Waals surface area contributed by atoms with Crippen molar-refractivity contribution in [1.29, 1.82) is 0 Å². The van der Waals surface area contributed by atoms with Crippen LogP contribution >= 0.6 is 11.3 Å². The Kier molecular flexibility index (Phi) is 6.19. The number of aryl methyl sites for hydroxylation is 1. The van der Waals surface area contributed by atoms with Gasteiger partial charge in [0.15, 0.2) is 11.5 Å². The Morgan fingerprint density at radius 2 is 1.77 bits per heavy atom. The van der Waals surface area contributed by atoms with Crippen LogP contribution in [0.3, 0.4) is 0 Å². The molecule has 0 saturated carbocycles. The predicted molar refractivity (Wildman–Crippen MR) is 113 cm³/mol. The molecule has 2 aromatic heterocycles. The minimum atomic E-state index is 0.288. The third-order valence-corrected chi connectivity index (χ3v) is 6.36. The number of methoxy groups -OCH3 is 3. The zero-order valence-corrected chi connectivity index (χ0v) is 18.5. The van der Waals surface area contributed by atoms with Gasteiger partial charge >= 0.3 is 0 Å². The molecule has 0 atom stereocenters. The van der Waals surface area contributed by atoms with Gasteiger partial charge in [-0.25, -0.2) is 4.98 Å². The SMILES string of the molecule is COc1cc(CN2CCC(c3nnc(-c4scnc4C)o3)CC2)cc(OC)c1OC. The highest BCUT2D eigenvalue weighted by molar-refractivity contribution is 7.13. The zero-order chi connectivity index (χ0) is 21.1. The molecule has 0 aliphatic carbocycles. The maximum absolute atomic E-state index is 5.97. The first-order valence-electron chi connectivity index (χ1n) is 9.88. The summed E-state index contributed by atoms with van der Waals surface area (Å²) in [6.07, 6.45) is 1.96. The number of likely N-dealkylation sites (tertiary alicyclic amines) is 1. The van der Waals surface area contributed by atoms with Gasteiger partial charge in [0.05, 0.1) is 32.5 Å².